The zero-order valence-electron chi connectivity index (χ0n) is 9.23. The summed E-state index contributed by atoms with van der Waals surface area (Å²) in [4.78, 5) is 4.28. The molecule has 1 aromatic heterocycles. The molecule has 1 aliphatic rings. The molecule has 5 heteroatoms. The highest BCUT2D eigenvalue weighted by molar-refractivity contribution is 5.75. The topological polar surface area (TPSA) is 67.5 Å². The van der Waals surface area contributed by atoms with Gasteiger partial charge in [-0.1, -0.05) is 12.1 Å². The SMILES string of the molecule is OC[C@@H]1O[C@@H](n2cnc3ccccc32)C[C@@H]1O. The lowest BCUT2D eigenvalue weighted by atomic mass is 10.2. The minimum atomic E-state index is -0.619. The van der Waals surface area contributed by atoms with Crippen LogP contribution < -0.4 is 0 Å². The number of aliphatic hydroxyl groups is 2. The van der Waals surface area contributed by atoms with E-state index in [9.17, 15) is 5.11 Å². The van der Waals surface area contributed by atoms with Crippen LogP contribution in [0.4, 0.5) is 0 Å². The van der Waals surface area contributed by atoms with Crippen molar-refractivity contribution in [2.75, 3.05) is 6.61 Å². The van der Waals surface area contributed by atoms with E-state index < -0.39 is 12.2 Å². The molecular formula is C12H14N2O3. The Morgan fingerprint density at radius 1 is 1.41 bits per heavy atom. The maximum Gasteiger partial charge on any atom is 0.138 e. The summed E-state index contributed by atoms with van der Waals surface area (Å²) < 4.78 is 7.50. The number of para-hydroxylation sites is 2. The highest BCUT2D eigenvalue weighted by atomic mass is 16.5. The van der Waals surface area contributed by atoms with E-state index in [2.05, 4.69) is 4.98 Å². The predicted octanol–water partition coefficient (Wildman–Crippen LogP) is 0.677. The van der Waals surface area contributed by atoms with E-state index in [0.29, 0.717) is 6.42 Å². The first-order valence-corrected chi connectivity index (χ1v) is 5.65. The molecule has 2 aromatic rings. The molecule has 5 nitrogen and oxygen atoms in total. The van der Waals surface area contributed by atoms with Gasteiger partial charge in [0, 0.05) is 6.42 Å². The lowest BCUT2D eigenvalue weighted by Gasteiger charge is -2.13. The minimum absolute atomic E-state index is 0.162. The van der Waals surface area contributed by atoms with Crippen LogP contribution >= 0.6 is 0 Å². The van der Waals surface area contributed by atoms with E-state index in [-0.39, 0.29) is 12.8 Å². The van der Waals surface area contributed by atoms with E-state index in [1.807, 2.05) is 28.8 Å². The van der Waals surface area contributed by atoms with E-state index >= 15 is 0 Å². The molecule has 0 amide bonds. The maximum absolute atomic E-state index is 9.71. The minimum Gasteiger partial charge on any atom is -0.394 e. The molecule has 0 aliphatic carbocycles. The lowest BCUT2D eigenvalue weighted by Crippen LogP contribution is -2.24. The van der Waals surface area contributed by atoms with Crippen molar-refractivity contribution in [3.8, 4) is 0 Å². The number of hydrogen-bond donors (Lipinski definition) is 2. The molecule has 3 rings (SSSR count). The fraction of sp³-hybridized carbons (Fsp3) is 0.417. The number of fused-ring (bicyclic) bond motifs is 1. The molecule has 90 valence electrons. The Morgan fingerprint density at radius 3 is 3.00 bits per heavy atom. The van der Waals surface area contributed by atoms with Gasteiger partial charge < -0.3 is 19.5 Å². The summed E-state index contributed by atoms with van der Waals surface area (Å²) >= 11 is 0. The van der Waals surface area contributed by atoms with Gasteiger partial charge in [0.05, 0.1) is 30.1 Å². The van der Waals surface area contributed by atoms with Crippen LogP contribution in [0.25, 0.3) is 11.0 Å². The van der Waals surface area contributed by atoms with E-state index in [1.54, 1.807) is 6.33 Å². The largest absolute Gasteiger partial charge is 0.394 e. The molecule has 3 atom stereocenters. The molecule has 0 saturated carbocycles. The Bertz CT molecular complexity index is 525. The molecule has 2 N–H and O–H groups in total. The van der Waals surface area contributed by atoms with Crippen molar-refractivity contribution < 1.29 is 14.9 Å². The maximum atomic E-state index is 9.71. The summed E-state index contributed by atoms with van der Waals surface area (Å²) in [6.07, 6.45) is 0.815. The normalized spacial score (nSPS) is 28.9. The monoisotopic (exact) mass is 234 g/mol. The Kier molecular flexibility index (Phi) is 2.58. The van der Waals surface area contributed by atoms with Gasteiger partial charge in [0.2, 0.25) is 0 Å². The Balaban J connectivity index is 1.95. The van der Waals surface area contributed by atoms with Crippen molar-refractivity contribution in [1.82, 2.24) is 9.55 Å². The van der Waals surface area contributed by atoms with Gasteiger partial charge in [0.15, 0.2) is 0 Å². The number of benzene rings is 1. The molecular weight excluding hydrogens is 220 g/mol. The Morgan fingerprint density at radius 2 is 2.24 bits per heavy atom. The van der Waals surface area contributed by atoms with Gasteiger partial charge in [-0.15, -0.1) is 0 Å². The van der Waals surface area contributed by atoms with Gasteiger partial charge in [0.1, 0.15) is 12.3 Å². The van der Waals surface area contributed by atoms with E-state index in [1.165, 1.54) is 0 Å². The Hall–Kier alpha value is -1.43. The summed E-state index contributed by atoms with van der Waals surface area (Å²) in [6, 6.07) is 7.76. The summed E-state index contributed by atoms with van der Waals surface area (Å²) in [5, 5.41) is 18.8. The average Bonchev–Trinajstić information content (AvgIpc) is 2.92. The fourth-order valence-electron chi connectivity index (χ4n) is 2.26. The number of aliphatic hydroxyl groups excluding tert-OH is 2. The van der Waals surface area contributed by atoms with E-state index in [4.69, 9.17) is 9.84 Å². The molecule has 0 bridgehead atoms. The molecule has 1 fully saturated rings. The second-order valence-electron chi connectivity index (χ2n) is 4.26. The zero-order chi connectivity index (χ0) is 11.8. The van der Waals surface area contributed by atoms with Crippen LogP contribution in [0.3, 0.4) is 0 Å². The molecule has 0 unspecified atom stereocenters. The van der Waals surface area contributed by atoms with Crippen molar-refractivity contribution in [3.63, 3.8) is 0 Å². The second-order valence-corrected chi connectivity index (χ2v) is 4.26. The van der Waals surface area contributed by atoms with Gasteiger partial charge in [-0.05, 0) is 12.1 Å². The number of nitrogens with zero attached hydrogens (tertiary/aromatic N) is 2. The highest BCUT2D eigenvalue weighted by Crippen LogP contribution is 2.30. The molecule has 0 spiro atoms. The number of hydrogen-bond acceptors (Lipinski definition) is 4. The van der Waals surface area contributed by atoms with Crippen LogP contribution in [-0.2, 0) is 4.74 Å². The first-order chi connectivity index (χ1) is 8.29. The number of ether oxygens (including phenoxy) is 1. The van der Waals surface area contributed by atoms with Crippen LogP contribution in [0.2, 0.25) is 0 Å². The van der Waals surface area contributed by atoms with Crippen molar-refractivity contribution in [1.29, 1.82) is 0 Å². The van der Waals surface area contributed by atoms with Gasteiger partial charge in [-0.2, -0.15) is 0 Å². The van der Waals surface area contributed by atoms with Gasteiger partial charge in [-0.3, -0.25) is 0 Å². The third kappa shape index (κ3) is 1.72. The molecule has 0 radical (unpaired) electrons. The average molecular weight is 234 g/mol. The van der Waals surface area contributed by atoms with Crippen molar-refractivity contribution in [2.45, 2.75) is 24.9 Å². The van der Waals surface area contributed by atoms with Crippen molar-refractivity contribution >= 4 is 11.0 Å². The summed E-state index contributed by atoms with van der Waals surface area (Å²) in [7, 11) is 0. The first kappa shape index (κ1) is 10.7. The predicted molar refractivity (Wildman–Crippen MR) is 61.4 cm³/mol. The molecule has 1 aliphatic heterocycles. The van der Waals surface area contributed by atoms with Crippen LogP contribution in [-0.4, -0.2) is 38.6 Å². The van der Waals surface area contributed by atoms with Crippen molar-refractivity contribution in [3.05, 3.63) is 30.6 Å². The van der Waals surface area contributed by atoms with Crippen LogP contribution in [0.1, 0.15) is 12.6 Å². The van der Waals surface area contributed by atoms with Gasteiger partial charge in [0.25, 0.3) is 0 Å². The summed E-state index contributed by atoms with van der Waals surface area (Å²) in [5.74, 6) is 0. The molecule has 17 heavy (non-hydrogen) atoms. The summed E-state index contributed by atoms with van der Waals surface area (Å²) in [5.41, 5.74) is 1.88. The second kappa shape index (κ2) is 4.10. The zero-order valence-corrected chi connectivity index (χ0v) is 9.23. The van der Waals surface area contributed by atoms with Gasteiger partial charge in [-0.25, -0.2) is 4.98 Å². The third-order valence-electron chi connectivity index (χ3n) is 3.18. The smallest absolute Gasteiger partial charge is 0.138 e. The fourth-order valence-corrected chi connectivity index (χ4v) is 2.26. The van der Waals surface area contributed by atoms with E-state index in [0.717, 1.165) is 11.0 Å². The molecule has 1 aromatic carbocycles. The lowest BCUT2D eigenvalue weighted by molar-refractivity contribution is -0.0430. The van der Waals surface area contributed by atoms with Gasteiger partial charge >= 0.3 is 0 Å². The highest BCUT2D eigenvalue weighted by Gasteiger charge is 2.34. The standard InChI is InChI=1S/C12H14N2O3/c15-6-11-10(16)5-12(17-11)14-7-13-8-3-1-2-4-9(8)14/h1-4,7,10-12,15-16H,5-6H2/t10-,11-,12+/m0/s1. The number of rotatable bonds is 2. The molecule has 1 saturated heterocycles. The number of aromatic nitrogens is 2. The van der Waals surface area contributed by atoms with Crippen LogP contribution in [0.5, 0.6) is 0 Å². The first-order valence-electron chi connectivity index (χ1n) is 5.65. The van der Waals surface area contributed by atoms with Crippen LogP contribution in [0.15, 0.2) is 30.6 Å². The molecule has 2 heterocycles. The summed E-state index contributed by atoms with van der Waals surface area (Å²) in [6.45, 7) is -0.162. The van der Waals surface area contributed by atoms with Crippen LogP contribution in [0, 0.1) is 0 Å². The number of imidazole rings is 1. The van der Waals surface area contributed by atoms with Crippen molar-refractivity contribution in [2.24, 2.45) is 0 Å². The quantitative estimate of drug-likeness (QED) is 0.801. The Labute approximate surface area is 98.3 Å². The third-order valence-corrected chi connectivity index (χ3v) is 3.18.